The molecule has 0 aliphatic carbocycles. The van der Waals surface area contributed by atoms with E-state index in [9.17, 15) is 9.59 Å². The molecule has 1 aliphatic heterocycles. The summed E-state index contributed by atoms with van der Waals surface area (Å²) in [4.78, 5) is 34.9. The molecule has 0 saturated carbocycles. The molecule has 1 aromatic heterocycles. The van der Waals surface area contributed by atoms with Gasteiger partial charge in [0.05, 0.1) is 6.04 Å². The van der Waals surface area contributed by atoms with Crippen LogP contribution in [0.2, 0.25) is 0 Å². The number of hydrogen-bond donors (Lipinski definition) is 2. The first-order valence-electron chi connectivity index (χ1n) is 6.44. The zero-order valence-electron chi connectivity index (χ0n) is 11.3. The van der Waals surface area contributed by atoms with Crippen molar-refractivity contribution in [2.24, 2.45) is 5.73 Å². The maximum Gasteiger partial charge on any atom is 0.318 e. The van der Waals surface area contributed by atoms with E-state index in [4.69, 9.17) is 5.73 Å². The number of urea groups is 1. The number of nitrogens with one attached hydrogen (secondary N) is 1. The highest BCUT2D eigenvalue weighted by Crippen LogP contribution is 2.11. The third-order valence-corrected chi connectivity index (χ3v) is 3.32. The molecule has 0 aromatic carbocycles. The van der Waals surface area contributed by atoms with E-state index in [0.29, 0.717) is 19.0 Å². The number of amides is 3. The molecule has 20 heavy (non-hydrogen) atoms. The van der Waals surface area contributed by atoms with Gasteiger partial charge in [-0.15, -0.1) is 0 Å². The lowest BCUT2D eigenvalue weighted by molar-refractivity contribution is -0.124. The average Bonchev–Trinajstić information content (AvgIpc) is 2.47. The van der Waals surface area contributed by atoms with E-state index in [1.807, 2.05) is 4.90 Å². The topological polar surface area (TPSA) is 104 Å². The molecular weight excluding hydrogens is 260 g/mol. The molecule has 1 aliphatic rings. The second-order valence-electron chi connectivity index (χ2n) is 4.60. The molecule has 1 unspecified atom stereocenters. The fourth-order valence-corrected chi connectivity index (χ4v) is 2.16. The number of nitrogens with zero attached hydrogens (tertiary/aromatic N) is 4. The summed E-state index contributed by atoms with van der Waals surface area (Å²) in [6.45, 7) is 4.63. The minimum absolute atomic E-state index is 0.373. The summed E-state index contributed by atoms with van der Waals surface area (Å²) < 4.78 is 0. The lowest BCUT2D eigenvalue weighted by Gasteiger charge is -2.37. The Kier molecular flexibility index (Phi) is 4.46. The van der Waals surface area contributed by atoms with Crippen LogP contribution in [0.25, 0.3) is 0 Å². The Labute approximate surface area is 117 Å². The summed E-state index contributed by atoms with van der Waals surface area (Å²) in [5, 5.41) is 2.10. The molecule has 1 atom stereocenters. The van der Waals surface area contributed by atoms with Crippen LogP contribution in [0.3, 0.4) is 0 Å². The standard InChI is InChI=1S/C12H18N6O2/c1-9(10(19)16-11(13)20)17-5-7-18(8-6-17)12-14-3-2-4-15-12/h2-4,9H,5-8H2,1H3,(H3,13,16,19,20). The molecule has 1 saturated heterocycles. The first-order valence-corrected chi connectivity index (χ1v) is 6.44. The lowest BCUT2D eigenvalue weighted by atomic mass is 10.2. The summed E-state index contributed by atoms with van der Waals surface area (Å²) in [7, 11) is 0. The smallest absolute Gasteiger partial charge is 0.318 e. The van der Waals surface area contributed by atoms with E-state index in [1.165, 1.54) is 0 Å². The number of anilines is 1. The van der Waals surface area contributed by atoms with Crippen molar-refractivity contribution >= 4 is 17.9 Å². The number of nitrogens with two attached hydrogens (primary N) is 1. The Morgan fingerprint density at radius 3 is 2.40 bits per heavy atom. The zero-order chi connectivity index (χ0) is 14.5. The second kappa shape index (κ2) is 6.29. The van der Waals surface area contributed by atoms with E-state index in [2.05, 4.69) is 20.2 Å². The van der Waals surface area contributed by atoms with E-state index in [-0.39, 0.29) is 11.9 Å². The maximum atomic E-state index is 11.7. The van der Waals surface area contributed by atoms with Crippen LogP contribution in [0, 0.1) is 0 Å². The van der Waals surface area contributed by atoms with Crippen molar-refractivity contribution in [3.05, 3.63) is 18.5 Å². The number of carbonyl (C=O) groups excluding carboxylic acids is 2. The van der Waals surface area contributed by atoms with Crippen LogP contribution in [0.15, 0.2) is 18.5 Å². The number of primary amides is 1. The van der Waals surface area contributed by atoms with Gasteiger partial charge in [0.25, 0.3) is 0 Å². The summed E-state index contributed by atoms with van der Waals surface area (Å²) in [5.74, 6) is 0.323. The van der Waals surface area contributed by atoms with Crippen LogP contribution in [-0.4, -0.2) is 59.0 Å². The molecule has 0 spiro atoms. The molecule has 0 bridgehead atoms. The highest BCUT2D eigenvalue weighted by molar-refractivity contribution is 5.96. The number of piperazine rings is 1. The van der Waals surface area contributed by atoms with Gasteiger partial charge in [0.15, 0.2) is 0 Å². The van der Waals surface area contributed by atoms with Gasteiger partial charge in [-0.25, -0.2) is 14.8 Å². The Morgan fingerprint density at radius 1 is 1.25 bits per heavy atom. The van der Waals surface area contributed by atoms with E-state index >= 15 is 0 Å². The molecule has 2 rings (SSSR count). The predicted molar refractivity (Wildman–Crippen MR) is 73.0 cm³/mol. The third-order valence-electron chi connectivity index (χ3n) is 3.32. The minimum Gasteiger partial charge on any atom is -0.351 e. The van der Waals surface area contributed by atoms with Crippen molar-refractivity contribution in [2.45, 2.75) is 13.0 Å². The fourth-order valence-electron chi connectivity index (χ4n) is 2.16. The molecule has 8 heteroatoms. The fraction of sp³-hybridized carbons (Fsp3) is 0.500. The molecule has 0 radical (unpaired) electrons. The summed E-state index contributed by atoms with van der Waals surface area (Å²) in [6, 6.07) is 0.565. The molecule has 1 fully saturated rings. The van der Waals surface area contributed by atoms with Gasteiger partial charge < -0.3 is 10.6 Å². The number of hydrogen-bond acceptors (Lipinski definition) is 6. The summed E-state index contributed by atoms with van der Waals surface area (Å²) >= 11 is 0. The Hall–Kier alpha value is -2.22. The number of imide groups is 1. The third kappa shape index (κ3) is 3.41. The van der Waals surface area contributed by atoms with E-state index in [0.717, 1.165) is 13.1 Å². The molecule has 1 aromatic rings. The van der Waals surface area contributed by atoms with Crippen LogP contribution >= 0.6 is 0 Å². The molecule has 3 amide bonds. The summed E-state index contributed by atoms with van der Waals surface area (Å²) in [6.07, 6.45) is 3.41. The van der Waals surface area contributed by atoms with Gasteiger partial charge in [0, 0.05) is 38.6 Å². The predicted octanol–water partition coefficient (Wildman–Crippen LogP) is -0.818. The van der Waals surface area contributed by atoms with Crippen LogP contribution < -0.4 is 16.0 Å². The van der Waals surface area contributed by atoms with E-state index < -0.39 is 6.03 Å². The normalized spacial score (nSPS) is 17.6. The zero-order valence-corrected chi connectivity index (χ0v) is 11.3. The Bertz CT molecular complexity index is 472. The van der Waals surface area contributed by atoms with Crippen molar-refractivity contribution in [1.82, 2.24) is 20.2 Å². The van der Waals surface area contributed by atoms with Gasteiger partial charge in [0.2, 0.25) is 11.9 Å². The molecule has 3 N–H and O–H groups in total. The van der Waals surface area contributed by atoms with Gasteiger partial charge in [-0.2, -0.15) is 0 Å². The first kappa shape index (κ1) is 14.2. The van der Waals surface area contributed by atoms with Crippen molar-refractivity contribution < 1.29 is 9.59 Å². The van der Waals surface area contributed by atoms with Gasteiger partial charge in [-0.1, -0.05) is 0 Å². The average molecular weight is 278 g/mol. The summed E-state index contributed by atoms with van der Waals surface area (Å²) in [5.41, 5.74) is 4.94. The molecule has 2 heterocycles. The number of aromatic nitrogens is 2. The number of rotatable bonds is 3. The Balaban J connectivity index is 1.88. The van der Waals surface area contributed by atoms with Crippen LogP contribution in [0.1, 0.15) is 6.92 Å². The monoisotopic (exact) mass is 278 g/mol. The minimum atomic E-state index is -0.821. The largest absolute Gasteiger partial charge is 0.351 e. The van der Waals surface area contributed by atoms with Crippen molar-refractivity contribution in [3.63, 3.8) is 0 Å². The van der Waals surface area contributed by atoms with Crippen LogP contribution in [0.5, 0.6) is 0 Å². The van der Waals surface area contributed by atoms with Crippen molar-refractivity contribution in [3.8, 4) is 0 Å². The first-order chi connectivity index (χ1) is 9.58. The van der Waals surface area contributed by atoms with Gasteiger partial charge >= 0.3 is 6.03 Å². The Morgan fingerprint density at radius 2 is 1.85 bits per heavy atom. The van der Waals surface area contributed by atoms with Crippen molar-refractivity contribution in [2.75, 3.05) is 31.1 Å². The van der Waals surface area contributed by atoms with Crippen LogP contribution in [0.4, 0.5) is 10.7 Å². The molecule has 108 valence electrons. The quantitative estimate of drug-likeness (QED) is 0.748. The highest BCUT2D eigenvalue weighted by atomic mass is 16.2. The highest BCUT2D eigenvalue weighted by Gasteiger charge is 2.26. The van der Waals surface area contributed by atoms with Crippen molar-refractivity contribution in [1.29, 1.82) is 0 Å². The van der Waals surface area contributed by atoms with Gasteiger partial charge in [0.1, 0.15) is 0 Å². The maximum absolute atomic E-state index is 11.7. The lowest BCUT2D eigenvalue weighted by Crippen LogP contribution is -2.55. The number of carbonyl (C=O) groups is 2. The molecule has 8 nitrogen and oxygen atoms in total. The van der Waals surface area contributed by atoms with Crippen LogP contribution in [-0.2, 0) is 4.79 Å². The van der Waals surface area contributed by atoms with Gasteiger partial charge in [-0.05, 0) is 13.0 Å². The SMILES string of the molecule is CC(C(=O)NC(N)=O)N1CCN(c2ncccn2)CC1. The van der Waals surface area contributed by atoms with Gasteiger partial charge in [-0.3, -0.25) is 15.0 Å². The second-order valence-corrected chi connectivity index (χ2v) is 4.60. The van der Waals surface area contributed by atoms with E-state index in [1.54, 1.807) is 25.4 Å². The molecular formula is C12H18N6O2.